The van der Waals surface area contributed by atoms with Crippen molar-refractivity contribution in [3.05, 3.63) is 94.6 Å². The van der Waals surface area contributed by atoms with Crippen molar-refractivity contribution in [2.75, 3.05) is 0 Å². The van der Waals surface area contributed by atoms with E-state index in [9.17, 15) is 0 Å². The van der Waals surface area contributed by atoms with Crippen LogP contribution in [-0.2, 0) is 5.41 Å². The third kappa shape index (κ3) is 2.98. The van der Waals surface area contributed by atoms with E-state index in [1.807, 2.05) is 0 Å². The third-order valence-electron chi connectivity index (χ3n) is 5.51. The van der Waals surface area contributed by atoms with Crippen LogP contribution in [-0.4, -0.2) is 0 Å². The molecule has 24 heavy (non-hydrogen) atoms. The molecule has 1 aliphatic carbocycles. The third-order valence-corrected chi connectivity index (χ3v) is 5.51. The Morgan fingerprint density at radius 1 is 0.833 bits per heavy atom. The fraction of sp³-hybridized carbons (Fsp3) is 0.333. The van der Waals surface area contributed by atoms with Gasteiger partial charge in [-0.05, 0) is 37.8 Å². The number of rotatable bonds is 6. The van der Waals surface area contributed by atoms with Gasteiger partial charge in [0.25, 0.3) is 0 Å². The van der Waals surface area contributed by atoms with Gasteiger partial charge < -0.3 is 0 Å². The maximum absolute atomic E-state index is 2.45. The van der Waals surface area contributed by atoms with Crippen LogP contribution in [0.5, 0.6) is 0 Å². The summed E-state index contributed by atoms with van der Waals surface area (Å²) in [5.74, 6) is 0. The highest BCUT2D eigenvalue weighted by Gasteiger charge is 2.38. The molecule has 0 spiro atoms. The van der Waals surface area contributed by atoms with Gasteiger partial charge in [-0.1, -0.05) is 103 Å². The lowest BCUT2D eigenvalue weighted by Crippen LogP contribution is -2.30. The first-order valence-corrected chi connectivity index (χ1v) is 9.17. The Bertz CT molecular complexity index is 693. The summed E-state index contributed by atoms with van der Waals surface area (Å²) in [5, 5.41) is 0. The fourth-order valence-electron chi connectivity index (χ4n) is 4.01. The molecule has 0 bridgehead atoms. The Kier molecular flexibility index (Phi) is 5.04. The minimum absolute atomic E-state index is 0.00243. The monoisotopic (exact) mass is 316 g/mol. The van der Waals surface area contributed by atoms with E-state index in [4.69, 9.17) is 0 Å². The van der Waals surface area contributed by atoms with Crippen molar-refractivity contribution in [3.8, 4) is 0 Å². The number of hydrogen-bond donors (Lipinski definition) is 0. The van der Waals surface area contributed by atoms with Crippen LogP contribution in [0.1, 0.15) is 57.6 Å². The molecule has 2 aromatic rings. The summed E-state index contributed by atoms with van der Waals surface area (Å²) in [6, 6.07) is 22.2. The van der Waals surface area contributed by atoms with Gasteiger partial charge in [-0.3, -0.25) is 0 Å². The molecule has 0 saturated heterocycles. The van der Waals surface area contributed by atoms with Crippen molar-refractivity contribution in [1.82, 2.24) is 0 Å². The average Bonchev–Trinajstić information content (AvgIpc) is 2.97. The second-order valence-corrected chi connectivity index (χ2v) is 7.05. The molecular formula is C24H28. The Morgan fingerprint density at radius 2 is 1.38 bits per heavy atom. The number of benzene rings is 2. The van der Waals surface area contributed by atoms with Crippen LogP contribution in [0.25, 0.3) is 0 Å². The lowest BCUT2D eigenvalue weighted by Gasteiger charge is -2.37. The Labute approximate surface area is 146 Å². The lowest BCUT2D eigenvalue weighted by atomic mass is 9.65. The van der Waals surface area contributed by atoms with Crippen LogP contribution in [0.2, 0.25) is 0 Å². The van der Waals surface area contributed by atoms with Crippen LogP contribution in [0.3, 0.4) is 0 Å². The smallest absolute Gasteiger partial charge is 0.0417 e. The van der Waals surface area contributed by atoms with Crippen molar-refractivity contribution in [3.63, 3.8) is 0 Å². The summed E-state index contributed by atoms with van der Waals surface area (Å²) in [6.07, 6.45) is 7.17. The minimum Gasteiger partial charge on any atom is -0.0663 e. The summed E-state index contributed by atoms with van der Waals surface area (Å²) in [7, 11) is 0. The zero-order valence-corrected chi connectivity index (χ0v) is 15.2. The number of unbranched alkanes of at least 4 members (excludes halogenated alkanes) is 1. The molecule has 3 rings (SSSR count). The maximum Gasteiger partial charge on any atom is 0.0417 e. The number of allylic oxidation sites excluding steroid dienone is 4. The van der Waals surface area contributed by atoms with Crippen molar-refractivity contribution in [2.24, 2.45) is 0 Å². The van der Waals surface area contributed by atoms with Gasteiger partial charge in [-0.15, -0.1) is 0 Å². The predicted molar refractivity (Wildman–Crippen MR) is 104 cm³/mol. The van der Waals surface area contributed by atoms with E-state index < -0.39 is 0 Å². The standard InChI is InChI=1S/C24H28/c1-4-5-16-24(21-12-8-6-9-13-21,22-14-10-7-11-15-22)23-17-19(2)20(3)18-23/h6-15,17H,4-5,16,18H2,1-3H3. The quantitative estimate of drug-likeness (QED) is 0.548. The lowest BCUT2D eigenvalue weighted by molar-refractivity contribution is 0.510. The van der Waals surface area contributed by atoms with Gasteiger partial charge in [0.2, 0.25) is 0 Å². The first-order chi connectivity index (χ1) is 11.7. The van der Waals surface area contributed by atoms with Crippen molar-refractivity contribution in [1.29, 1.82) is 0 Å². The molecule has 0 heterocycles. The fourth-order valence-corrected chi connectivity index (χ4v) is 4.01. The van der Waals surface area contributed by atoms with Crippen LogP contribution >= 0.6 is 0 Å². The maximum atomic E-state index is 2.45. The summed E-state index contributed by atoms with van der Waals surface area (Å²) >= 11 is 0. The van der Waals surface area contributed by atoms with Gasteiger partial charge in [0, 0.05) is 5.41 Å². The predicted octanol–water partition coefficient (Wildman–Crippen LogP) is 6.83. The summed E-state index contributed by atoms with van der Waals surface area (Å²) < 4.78 is 0. The second kappa shape index (κ2) is 7.21. The largest absolute Gasteiger partial charge is 0.0663 e. The molecule has 1 aliphatic rings. The molecule has 0 radical (unpaired) electrons. The Hall–Kier alpha value is -2.08. The molecular weight excluding hydrogens is 288 g/mol. The van der Waals surface area contributed by atoms with Gasteiger partial charge >= 0.3 is 0 Å². The van der Waals surface area contributed by atoms with Gasteiger partial charge in [0.15, 0.2) is 0 Å². The normalized spacial score (nSPS) is 14.9. The van der Waals surface area contributed by atoms with Gasteiger partial charge in [0.05, 0.1) is 0 Å². The molecule has 2 aromatic carbocycles. The highest BCUT2D eigenvalue weighted by Crippen LogP contribution is 2.48. The van der Waals surface area contributed by atoms with Gasteiger partial charge in [-0.25, -0.2) is 0 Å². The van der Waals surface area contributed by atoms with E-state index in [0.717, 1.165) is 6.42 Å². The van der Waals surface area contributed by atoms with Crippen LogP contribution in [0, 0.1) is 0 Å². The topological polar surface area (TPSA) is 0 Å². The minimum atomic E-state index is -0.00243. The van der Waals surface area contributed by atoms with Crippen molar-refractivity contribution < 1.29 is 0 Å². The highest BCUT2D eigenvalue weighted by atomic mass is 14.4. The van der Waals surface area contributed by atoms with Crippen LogP contribution in [0.4, 0.5) is 0 Å². The van der Waals surface area contributed by atoms with E-state index in [1.165, 1.54) is 41.5 Å². The molecule has 0 nitrogen and oxygen atoms in total. The molecule has 0 amide bonds. The highest BCUT2D eigenvalue weighted by molar-refractivity contribution is 5.54. The zero-order valence-electron chi connectivity index (χ0n) is 15.2. The summed E-state index contributed by atoms with van der Waals surface area (Å²) in [6.45, 7) is 6.82. The second-order valence-electron chi connectivity index (χ2n) is 7.05. The van der Waals surface area contributed by atoms with Crippen molar-refractivity contribution in [2.45, 2.75) is 51.9 Å². The first-order valence-electron chi connectivity index (χ1n) is 9.17. The molecule has 0 aliphatic heterocycles. The zero-order chi connectivity index (χ0) is 17.0. The molecule has 124 valence electrons. The molecule has 0 N–H and O–H groups in total. The van der Waals surface area contributed by atoms with E-state index in [-0.39, 0.29) is 5.41 Å². The molecule has 0 fully saturated rings. The SMILES string of the molecule is CCCCC(C1=CC(C)=C(C)C1)(c1ccccc1)c1ccccc1. The first kappa shape index (κ1) is 16.8. The van der Waals surface area contributed by atoms with E-state index >= 15 is 0 Å². The van der Waals surface area contributed by atoms with E-state index in [0.29, 0.717) is 0 Å². The summed E-state index contributed by atoms with van der Waals surface area (Å²) in [5.41, 5.74) is 7.37. The average molecular weight is 316 g/mol. The van der Waals surface area contributed by atoms with E-state index in [2.05, 4.69) is 87.5 Å². The molecule has 0 aromatic heterocycles. The van der Waals surface area contributed by atoms with Gasteiger partial charge in [-0.2, -0.15) is 0 Å². The Balaban J connectivity index is 2.20. The van der Waals surface area contributed by atoms with Crippen LogP contribution in [0.15, 0.2) is 83.5 Å². The molecule has 0 saturated carbocycles. The molecule has 0 atom stereocenters. The molecule has 0 unspecified atom stereocenters. The van der Waals surface area contributed by atoms with Crippen molar-refractivity contribution >= 4 is 0 Å². The van der Waals surface area contributed by atoms with Crippen LogP contribution < -0.4 is 0 Å². The Morgan fingerprint density at radius 3 is 1.79 bits per heavy atom. The molecule has 0 heteroatoms. The number of hydrogen-bond acceptors (Lipinski definition) is 0. The van der Waals surface area contributed by atoms with E-state index in [1.54, 1.807) is 5.57 Å². The van der Waals surface area contributed by atoms with Gasteiger partial charge in [0.1, 0.15) is 0 Å². The summed E-state index contributed by atoms with van der Waals surface area (Å²) in [4.78, 5) is 0.